The highest BCUT2D eigenvalue weighted by molar-refractivity contribution is 5.86. The van der Waals surface area contributed by atoms with E-state index in [0.717, 1.165) is 28.8 Å². The Morgan fingerprint density at radius 3 is 2.46 bits per heavy atom. The Bertz CT molecular complexity index is 880. The first-order valence-electron chi connectivity index (χ1n) is 8.09. The minimum atomic E-state index is -4.50. The van der Waals surface area contributed by atoms with Crippen LogP contribution >= 0.6 is 0 Å². The number of nitrogens with zero attached hydrogens (tertiary/aromatic N) is 1. The molecule has 26 heavy (non-hydrogen) atoms. The molecule has 2 aromatic rings. The molecule has 0 bridgehead atoms. The quantitative estimate of drug-likeness (QED) is 0.859. The summed E-state index contributed by atoms with van der Waals surface area (Å²) in [5.74, 6) is -1.15. The maximum Gasteiger partial charge on any atom is 0.416 e. The van der Waals surface area contributed by atoms with E-state index in [1.165, 1.54) is 18.0 Å². The van der Waals surface area contributed by atoms with Gasteiger partial charge in [-0.05, 0) is 44.0 Å². The minimum Gasteiger partial charge on any atom is -0.480 e. The van der Waals surface area contributed by atoms with Crippen molar-refractivity contribution in [1.82, 2.24) is 5.43 Å². The molecule has 0 aliphatic carbocycles. The zero-order valence-corrected chi connectivity index (χ0v) is 14.6. The summed E-state index contributed by atoms with van der Waals surface area (Å²) in [5.41, 5.74) is 4.08. The normalized spacial score (nSPS) is 19.5. The van der Waals surface area contributed by atoms with Crippen molar-refractivity contribution in [3.8, 4) is 0 Å². The molecule has 0 spiro atoms. The minimum absolute atomic E-state index is 0.227. The smallest absolute Gasteiger partial charge is 0.416 e. The lowest BCUT2D eigenvalue weighted by molar-refractivity contribution is -0.144. The van der Waals surface area contributed by atoms with E-state index in [0.29, 0.717) is 5.56 Å². The zero-order valence-electron chi connectivity index (χ0n) is 14.6. The molecule has 3 rings (SSSR count). The molecular weight excluding hydrogens is 345 g/mol. The van der Waals surface area contributed by atoms with Crippen LogP contribution in [0.1, 0.15) is 34.7 Å². The standard InChI is InChI=1S/C19H19F3N2O2/c1-11-4-5-13(12(2)8-11)10-24-16-9-14(19(20,21)22)6-7-15(16)18(3,23-24)17(25)26/h4-9,23H,10H2,1-3H3,(H,25,26). The molecule has 0 saturated carbocycles. The van der Waals surface area contributed by atoms with Crippen LogP contribution in [0.5, 0.6) is 0 Å². The van der Waals surface area contributed by atoms with Gasteiger partial charge in [0.25, 0.3) is 0 Å². The van der Waals surface area contributed by atoms with Gasteiger partial charge in [0.1, 0.15) is 0 Å². The van der Waals surface area contributed by atoms with E-state index < -0.39 is 23.2 Å². The van der Waals surface area contributed by atoms with E-state index >= 15 is 0 Å². The van der Waals surface area contributed by atoms with E-state index in [1.54, 1.807) is 0 Å². The number of nitrogens with one attached hydrogen (secondary N) is 1. The zero-order chi connectivity index (χ0) is 19.3. The number of aliphatic carboxylic acids is 1. The summed E-state index contributed by atoms with van der Waals surface area (Å²) in [4.78, 5) is 11.8. The number of alkyl halides is 3. The van der Waals surface area contributed by atoms with Crippen LogP contribution < -0.4 is 10.4 Å². The van der Waals surface area contributed by atoms with E-state index in [2.05, 4.69) is 5.43 Å². The summed E-state index contributed by atoms with van der Waals surface area (Å²) >= 11 is 0. The topological polar surface area (TPSA) is 52.6 Å². The van der Waals surface area contributed by atoms with Crippen LogP contribution in [0.25, 0.3) is 0 Å². The van der Waals surface area contributed by atoms with E-state index in [1.807, 2.05) is 32.0 Å². The maximum absolute atomic E-state index is 13.1. The van der Waals surface area contributed by atoms with Gasteiger partial charge in [-0.1, -0.05) is 29.8 Å². The second kappa shape index (κ2) is 6.02. The third kappa shape index (κ3) is 3.03. The predicted octanol–water partition coefficient (Wildman–Crippen LogP) is 4.15. The average molecular weight is 364 g/mol. The molecule has 0 radical (unpaired) electrons. The Hall–Kier alpha value is -2.54. The van der Waals surface area contributed by atoms with Gasteiger partial charge >= 0.3 is 12.1 Å². The first-order valence-corrected chi connectivity index (χ1v) is 8.09. The second-order valence-corrected chi connectivity index (χ2v) is 6.79. The summed E-state index contributed by atoms with van der Waals surface area (Å²) in [6, 6.07) is 8.95. The summed E-state index contributed by atoms with van der Waals surface area (Å²) < 4.78 is 39.3. The molecule has 1 aliphatic heterocycles. The molecular formula is C19H19F3N2O2. The Balaban J connectivity index is 2.07. The Morgan fingerprint density at radius 2 is 1.88 bits per heavy atom. The van der Waals surface area contributed by atoms with Gasteiger partial charge in [-0.25, -0.2) is 10.2 Å². The van der Waals surface area contributed by atoms with Gasteiger partial charge in [-0.3, -0.25) is 0 Å². The highest BCUT2D eigenvalue weighted by atomic mass is 19.4. The molecule has 1 heterocycles. The lowest BCUT2D eigenvalue weighted by Crippen LogP contribution is -2.49. The number of hydrogen-bond donors (Lipinski definition) is 2. The summed E-state index contributed by atoms with van der Waals surface area (Å²) in [6.07, 6.45) is -4.50. The number of hydrazine groups is 1. The number of carboxylic acid groups (broad SMARTS) is 1. The second-order valence-electron chi connectivity index (χ2n) is 6.79. The first-order chi connectivity index (χ1) is 12.0. The van der Waals surface area contributed by atoms with Crippen molar-refractivity contribution in [1.29, 1.82) is 0 Å². The largest absolute Gasteiger partial charge is 0.480 e. The monoisotopic (exact) mass is 364 g/mol. The number of halogens is 3. The number of benzene rings is 2. The number of anilines is 1. The van der Waals surface area contributed by atoms with Gasteiger partial charge in [0.05, 0.1) is 17.8 Å². The fourth-order valence-electron chi connectivity index (χ4n) is 3.23. The number of aryl methyl sites for hydroxylation is 2. The van der Waals surface area contributed by atoms with Crippen molar-refractivity contribution in [3.63, 3.8) is 0 Å². The fourth-order valence-corrected chi connectivity index (χ4v) is 3.23. The third-order valence-electron chi connectivity index (χ3n) is 4.77. The van der Waals surface area contributed by atoms with E-state index in [9.17, 15) is 23.1 Å². The summed E-state index contributed by atoms with van der Waals surface area (Å²) in [5, 5.41) is 11.1. The summed E-state index contributed by atoms with van der Waals surface area (Å²) in [6.45, 7) is 5.58. The highest BCUT2D eigenvalue weighted by Crippen LogP contribution is 2.42. The van der Waals surface area contributed by atoms with Crippen molar-refractivity contribution in [2.75, 3.05) is 5.01 Å². The molecule has 0 aromatic heterocycles. The van der Waals surface area contributed by atoms with Crippen molar-refractivity contribution >= 4 is 11.7 Å². The molecule has 4 nitrogen and oxygen atoms in total. The summed E-state index contributed by atoms with van der Waals surface area (Å²) in [7, 11) is 0. The average Bonchev–Trinajstić information content (AvgIpc) is 2.83. The lowest BCUT2D eigenvalue weighted by Gasteiger charge is -2.25. The van der Waals surface area contributed by atoms with E-state index in [-0.39, 0.29) is 12.2 Å². The molecule has 1 unspecified atom stereocenters. The molecule has 138 valence electrons. The highest BCUT2D eigenvalue weighted by Gasteiger charge is 2.46. The Morgan fingerprint density at radius 1 is 1.19 bits per heavy atom. The Kier molecular flexibility index (Phi) is 4.23. The van der Waals surface area contributed by atoms with E-state index in [4.69, 9.17) is 0 Å². The van der Waals surface area contributed by atoms with Gasteiger partial charge in [0.2, 0.25) is 0 Å². The number of carbonyl (C=O) groups is 1. The molecule has 2 N–H and O–H groups in total. The third-order valence-corrected chi connectivity index (χ3v) is 4.77. The lowest BCUT2D eigenvalue weighted by atomic mass is 9.92. The van der Waals surface area contributed by atoms with Crippen LogP contribution in [0.2, 0.25) is 0 Å². The SMILES string of the molecule is Cc1ccc(CN2NC(C)(C(=O)O)c3ccc(C(F)(F)F)cc32)c(C)c1. The van der Waals surface area contributed by atoms with Crippen molar-refractivity contribution in [2.45, 2.75) is 39.0 Å². The van der Waals surface area contributed by atoms with Gasteiger partial charge in [-0.15, -0.1) is 0 Å². The Labute approximate surface area is 149 Å². The van der Waals surface area contributed by atoms with Crippen molar-refractivity contribution in [3.05, 3.63) is 64.2 Å². The van der Waals surface area contributed by atoms with Crippen LogP contribution in [0, 0.1) is 13.8 Å². The maximum atomic E-state index is 13.1. The van der Waals surface area contributed by atoms with Crippen molar-refractivity contribution < 1.29 is 23.1 Å². The molecule has 0 fully saturated rings. The van der Waals surface area contributed by atoms with Gasteiger partial charge in [0.15, 0.2) is 5.54 Å². The molecule has 1 atom stereocenters. The number of carboxylic acids is 1. The number of hydrogen-bond acceptors (Lipinski definition) is 3. The molecule has 7 heteroatoms. The van der Waals surface area contributed by atoms with Crippen LogP contribution in [-0.2, 0) is 23.1 Å². The van der Waals surface area contributed by atoms with Crippen LogP contribution in [0.3, 0.4) is 0 Å². The number of rotatable bonds is 3. The van der Waals surface area contributed by atoms with Crippen LogP contribution in [-0.4, -0.2) is 11.1 Å². The van der Waals surface area contributed by atoms with Gasteiger partial charge in [-0.2, -0.15) is 13.2 Å². The van der Waals surface area contributed by atoms with Crippen molar-refractivity contribution in [2.24, 2.45) is 0 Å². The van der Waals surface area contributed by atoms with Gasteiger partial charge in [0, 0.05) is 5.56 Å². The first kappa shape index (κ1) is 18.3. The molecule has 0 saturated heterocycles. The predicted molar refractivity (Wildman–Crippen MR) is 91.7 cm³/mol. The fraction of sp³-hybridized carbons (Fsp3) is 0.316. The molecule has 2 aromatic carbocycles. The van der Waals surface area contributed by atoms with Crippen LogP contribution in [0.15, 0.2) is 36.4 Å². The van der Waals surface area contributed by atoms with Crippen LogP contribution in [0.4, 0.5) is 18.9 Å². The van der Waals surface area contributed by atoms with Gasteiger partial charge < -0.3 is 10.1 Å². The number of fused-ring (bicyclic) bond motifs is 1. The molecule has 0 amide bonds. The molecule has 1 aliphatic rings.